The van der Waals surface area contributed by atoms with Gasteiger partial charge in [0.05, 0.1) is 11.8 Å². The molecule has 1 aromatic heterocycles. The van der Waals surface area contributed by atoms with Gasteiger partial charge in [0.1, 0.15) is 0 Å². The molecule has 2 fully saturated rings. The lowest BCUT2D eigenvalue weighted by Gasteiger charge is -2.59. The van der Waals surface area contributed by atoms with Gasteiger partial charge in [-0.2, -0.15) is 5.10 Å². The molecule has 1 N–H and O–H groups in total. The summed E-state index contributed by atoms with van der Waals surface area (Å²) >= 11 is 0. The fourth-order valence-electron chi connectivity index (χ4n) is 4.28. The van der Waals surface area contributed by atoms with E-state index in [9.17, 15) is 0 Å². The van der Waals surface area contributed by atoms with E-state index in [1.54, 1.807) is 0 Å². The standard InChI is InChI=1S/C19H33N5O/c1-18(2)16(10-19(18,3)25-6)22-17(20-4)24-8-7-14(13-24)9-15-11-21-23(5)12-15/h11-12,14,16H,7-10,13H2,1-6H3,(H,20,22). The van der Waals surface area contributed by atoms with Crippen LogP contribution in [-0.2, 0) is 18.2 Å². The number of nitrogens with one attached hydrogen (secondary N) is 1. The van der Waals surface area contributed by atoms with Crippen LogP contribution in [0.5, 0.6) is 0 Å². The Balaban J connectivity index is 1.56. The van der Waals surface area contributed by atoms with Crippen LogP contribution in [0.2, 0.25) is 0 Å². The highest BCUT2D eigenvalue weighted by Crippen LogP contribution is 2.51. The van der Waals surface area contributed by atoms with Crippen molar-refractivity contribution < 1.29 is 4.74 Å². The van der Waals surface area contributed by atoms with E-state index in [-0.39, 0.29) is 11.0 Å². The summed E-state index contributed by atoms with van der Waals surface area (Å²) in [7, 11) is 5.68. The van der Waals surface area contributed by atoms with Gasteiger partial charge >= 0.3 is 0 Å². The Bertz CT molecular complexity index is 638. The van der Waals surface area contributed by atoms with Crippen LogP contribution in [0.25, 0.3) is 0 Å². The minimum atomic E-state index is -0.0582. The van der Waals surface area contributed by atoms with E-state index in [2.05, 4.69) is 47.3 Å². The van der Waals surface area contributed by atoms with Crippen molar-refractivity contribution in [3.05, 3.63) is 18.0 Å². The van der Waals surface area contributed by atoms with Crippen molar-refractivity contribution in [1.29, 1.82) is 0 Å². The van der Waals surface area contributed by atoms with Crippen molar-refractivity contribution in [2.45, 2.75) is 51.7 Å². The molecule has 3 atom stereocenters. The third kappa shape index (κ3) is 3.28. The molecule has 0 amide bonds. The van der Waals surface area contributed by atoms with Gasteiger partial charge in [-0.3, -0.25) is 9.67 Å². The number of methoxy groups -OCH3 is 1. The molecule has 0 bridgehead atoms. The zero-order valence-corrected chi connectivity index (χ0v) is 16.5. The number of aromatic nitrogens is 2. The molecule has 1 saturated carbocycles. The molecule has 1 saturated heterocycles. The normalized spacial score (nSPS) is 31.9. The molecule has 2 aliphatic rings. The Labute approximate surface area is 151 Å². The first-order valence-electron chi connectivity index (χ1n) is 9.30. The lowest BCUT2D eigenvalue weighted by Crippen LogP contribution is -2.69. The second-order valence-electron chi connectivity index (χ2n) is 8.43. The van der Waals surface area contributed by atoms with Gasteiger partial charge in [-0.05, 0) is 37.7 Å². The SMILES string of the molecule is CN=C(NC1CC(C)(OC)C1(C)C)N1CCC(Cc2cnn(C)c2)C1. The first-order chi connectivity index (χ1) is 11.8. The van der Waals surface area contributed by atoms with Crippen LogP contribution in [0.1, 0.15) is 39.2 Å². The van der Waals surface area contributed by atoms with E-state index in [1.165, 1.54) is 12.0 Å². The van der Waals surface area contributed by atoms with Crippen LogP contribution >= 0.6 is 0 Å². The maximum Gasteiger partial charge on any atom is 0.193 e. The molecule has 1 aliphatic heterocycles. The maximum atomic E-state index is 5.74. The number of aliphatic imine (C=N–C) groups is 1. The summed E-state index contributed by atoms with van der Waals surface area (Å²) in [5.74, 6) is 1.70. The van der Waals surface area contributed by atoms with Gasteiger partial charge in [-0.25, -0.2) is 0 Å². The first-order valence-corrected chi connectivity index (χ1v) is 9.30. The number of ether oxygens (including phenoxy) is 1. The summed E-state index contributed by atoms with van der Waals surface area (Å²) in [5.41, 5.74) is 1.36. The van der Waals surface area contributed by atoms with Gasteiger partial charge in [0.2, 0.25) is 0 Å². The average Bonchev–Trinajstić information content (AvgIpc) is 3.20. The highest BCUT2D eigenvalue weighted by molar-refractivity contribution is 5.80. The van der Waals surface area contributed by atoms with Gasteiger partial charge < -0.3 is 15.0 Å². The molecule has 6 heteroatoms. The van der Waals surface area contributed by atoms with Crippen LogP contribution in [0.4, 0.5) is 0 Å². The molecule has 3 unspecified atom stereocenters. The van der Waals surface area contributed by atoms with E-state index in [1.807, 2.05) is 32.1 Å². The predicted molar refractivity (Wildman–Crippen MR) is 101 cm³/mol. The topological polar surface area (TPSA) is 54.7 Å². The number of likely N-dealkylation sites (tertiary alicyclic amines) is 1. The third-order valence-corrected chi connectivity index (χ3v) is 6.66. The van der Waals surface area contributed by atoms with E-state index in [0.29, 0.717) is 12.0 Å². The third-order valence-electron chi connectivity index (χ3n) is 6.66. The Hall–Kier alpha value is -1.56. The van der Waals surface area contributed by atoms with Crippen molar-refractivity contribution in [1.82, 2.24) is 20.0 Å². The highest BCUT2D eigenvalue weighted by Gasteiger charge is 2.58. The van der Waals surface area contributed by atoms with E-state index >= 15 is 0 Å². The Morgan fingerprint density at radius 1 is 1.44 bits per heavy atom. The number of guanidine groups is 1. The van der Waals surface area contributed by atoms with Crippen molar-refractivity contribution >= 4 is 5.96 Å². The summed E-state index contributed by atoms with van der Waals surface area (Å²) in [6, 6.07) is 0.397. The molecule has 25 heavy (non-hydrogen) atoms. The average molecular weight is 348 g/mol. The molecule has 6 nitrogen and oxygen atoms in total. The lowest BCUT2D eigenvalue weighted by molar-refractivity contribution is -0.176. The summed E-state index contributed by atoms with van der Waals surface area (Å²) in [6.45, 7) is 8.89. The number of aryl methyl sites for hydroxylation is 1. The van der Waals surface area contributed by atoms with Gasteiger partial charge in [0, 0.05) is 51.9 Å². The zero-order valence-electron chi connectivity index (χ0n) is 16.5. The first kappa shape index (κ1) is 18.2. The van der Waals surface area contributed by atoms with E-state index in [0.717, 1.165) is 31.9 Å². The van der Waals surface area contributed by atoms with Crippen molar-refractivity contribution in [3.63, 3.8) is 0 Å². The van der Waals surface area contributed by atoms with Crippen molar-refractivity contribution in [3.8, 4) is 0 Å². The summed E-state index contributed by atoms with van der Waals surface area (Å²) < 4.78 is 7.63. The van der Waals surface area contributed by atoms with Crippen molar-refractivity contribution in [2.75, 3.05) is 27.2 Å². The number of rotatable bonds is 4. The molecule has 0 spiro atoms. The fraction of sp³-hybridized carbons (Fsp3) is 0.789. The fourth-order valence-corrected chi connectivity index (χ4v) is 4.28. The van der Waals surface area contributed by atoms with Crippen LogP contribution in [0.3, 0.4) is 0 Å². The Kier molecular flexibility index (Phi) is 4.84. The van der Waals surface area contributed by atoms with Crippen molar-refractivity contribution in [2.24, 2.45) is 23.4 Å². The largest absolute Gasteiger partial charge is 0.378 e. The van der Waals surface area contributed by atoms with Crippen LogP contribution < -0.4 is 5.32 Å². The molecule has 1 aliphatic carbocycles. The molecule has 2 heterocycles. The van der Waals surface area contributed by atoms with E-state index in [4.69, 9.17) is 4.74 Å². The Morgan fingerprint density at radius 2 is 2.20 bits per heavy atom. The summed E-state index contributed by atoms with van der Waals surface area (Å²) in [4.78, 5) is 6.95. The maximum absolute atomic E-state index is 5.74. The van der Waals surface area contributed by atoms with Gasteiger partial charge in [-0.15, -0.1) is 0 Å². The molecule has 3 rings (SSSR count). The molecule has 0 aromatic carbocycles. The lowest BCUT2D eigenvalue weighted by atomic mass is 9.56. The highest BCUT2D eigenvalue weighted by atomic mass is 16.5. The molecule has 140 valence electrons. The molecule has 1 aromatic rings. The summed E-state index contributed by atoms with van der Waals surface area (Å²) in [6.07, 6.45) is 7.43. The van der Waals surface area contributed by atoms with Gasteiger partial charge in [-0.1, -0.05) is 13.8 Å². The smallest absolute Gasteiger partial charge is 0.193 e. The quantitative estimate of drug-likeness (QED) is 0.669. The second-order valence-corrected chi connectivity index (χ2v) is 8.43. The number of hydrogen-bond acceptors (Lipinski definition) is 3. The minimum absolute atomic E-state index is 0.0582. The minimum Gasteiger partial charge on any atom is -0.378 e. The summed E-state index contributed by atoms with van der Waals surface area (Å²) in [5, 5.41) is 7.97. The van der Waals surface area contributed by atoms with Crippen LogP contribution in [0, 0.1) is 11.3 Å². The van der Waals surface area contributed by atoms with Crippen LogP contribution in [0.15, 0.2) is 17.4 Å². The molecular formula is C19H33N5O. The van der Waals surface area contributed by atoms with Gasteiger partial charge in [0.15, 0.2) is 5.96 Å². The second kappa shape index (κ2) is 6.63. The number of hydrogen-bond donors (Lipinski definition) is 1. The molecule has 0 radical (unpaired) electrons. The zero-order chi connectivity index (χ0) is 18.2. The Morgan fingerprint density at radius 3 is 2.76 bits per heavy atom. The number of nitrogens with zero attached hydrogens (tertiary/aromatic N) is 4. The monoisotopic (exact) mass is 347 g/mol. The van der Waals surface area contributed by atoms with Crippen LogP contribution in [-0.4, -0.2) is 59.5 Å². The predicted octanol–water partition coefficient (Wildman–Crippen LogP) is 2.06. The molecular weight excluding hydrogens is 314 g/mol. The van der Waals surface area contributed by atoms with E-state index < -0.39 is 0 Å². The van der Waals surface area contributed by atoms with Gasteiger partial charge in [0.25, 0.3) is 0 Å².